The summed E-state index contributed by atoms with van der Waals surface area (Å²) in [6.07, 6.45) is 13.6. The second-order valence-corrected chi connectivity index (χ2v) is 9.56. The van der Waals surface area contributed by atoms with E-state index >= 15 is 4.39 Å². The van der Waals surface area contributed by atoms with Crippen molar-refractivity contribution >= 4 is 10.8 Å². The van der Waals surface area contributed by atoms with Crippen LogP contribution >= 0.6 is 0 Å². The molecule has 0 aliphatic heterocycles. The van der Waals surface area contributed by atoms with Crippen LogP contribution in [0.4, 0.5) is 4.39 Å². The Kier molecular flexibility index (Phi) is 7.84. The van der Waals surface area contributed by atoms with E-state index in [1.807, 2.05) is 36.4 Å². The van der Waals surface area contributed by atoms with Gasteiger partial charge in [0.25, 0.3) is 0 Å². The summed E-state index contributed by atoms with van der Waals surface area (Å²) in [6.45, 7) is 2.28. The number of hydrogen-bond acceptors (Lipinski definition) is 1. The van der Waals surface area contributed by atoms with Crippen LogP contribution in [0.3, 0.4) is 0 Å². The minimum Gasteiger partial charge on any atom is -0.497 e. The summed E-state index contributed by atoms with van der Waals surface area (Å²) in [4.78, 5) is 0. The first-order valence-electron chi connectivity index (χ1n) is 12.6. The van der Waals surface area contributed by atoms with Gasteiger partial charge in [0, 0.05) is 10.9 Å². The number of methoxy groups -OCH3 is 1. The third-order valence-corrected chi connectivity index (χ3v) is 7.41. The Morgan fingerprint density at radius 1 is 0.844 bits per heavy atom. The number of hydrogen-bond donors (Lipinski definition) is 0. The van der Waals surface area contributed by atoms with Crippen LogP contribution in [0.15, 0.2) is 54.6 Å². The second kappa shape index (κ2) is 11.0. The molecule has 1 saturated carbocycles. The summed E-state index contributed by atoms with van der Waals surface area (Å²) < 4.78 is 20.5. The van der Waals surface area contributed by atoms with Crippen LogP contribution in [-0.4, -0.2) is 7.11 Å². The Labute approximate surface area is 193 Å². The Morgan fingerprint density at radius 3 is 2.31 bits per heavy atom. The van der Waals surface area contributed by atoms with Gasteiger partial charge in [0.15, 0.2) is 0 Å². The smallest absolute Gasteiger partial charge is 0.138 e. The molecule has 0 saturated heterocycles. The predicted octanol–water partition coefficient (Wildman–Crippen LogP) is 9.29. The minimum atomic E-state index is -0.133. The van der Waals surface area contributed by atoms with E-state index in [-0.39, 0.29) is 5.82 Å². The molecule has 1 fully saturated rings. The fraction of sp³-hybridized carbons (Fsp3) is 0.467. The quantitative estimate of drug-likeness (QED) is 0.306. The number of unbranched alkanes of at least 4 members (excludes halogenated alkanes) is 4. The normalized spacial score (nSPS) is 18.7. The minimum absolute atomic E-state index is 0.133. The maximum absolute atomic E-state index is 15.3. The molecule has 170 valence electrons. The first kappa shape index (κ1) is 22.8. The average Bonchev–Trinajstić information content (AvgIpc) is 2.84. The van der Waals surface area contributed by atoms with Crippen LogP contribution in [0.25, 0.3) is 21.9 Å². The van der Waals surface area contributed by atoms with Crippen molar-refractivity contribution in [1.82, 2.24) is 0 Å². The van der Waals surface area contributed by atoms with Crippen molar-refractivity contribution in [3.05, 3.63) is 66.0 Å². The number of ether oxygens (including phenoxy) is 1. The summed E-state index contributed by atoms with van der Waals surface area (Å²) in [7, 11) is 1.64. The van der Waals surface area contributed by atoms with E-state index in [2.05, 4.69) is 25.1 Å². The van der Waals surface area contributed by atoms with Gasteiger partial charge in [0.2, 0.25) is 0 Å². The zero-order valence-corrected chi connectivity index (χ0v) is 19.7. The van der Waals surface area contributed by atoms with Gasteiger partial charge in [0.1, 0.15) is 11.6 Å². The summed E-state index contributed by atoms with van der Waals surface area (Å²) in [5, 5.41) is 1.72. The topological polar surface area (TPSA) is 9.23 Å². The standard InChI is InChI=1S/C30H37FO/c1-3-4-5-6-7-8-22-9-11-23(12-10-22)25-15-19-29-26(21-25)16-20-28(30(29)31)24-13-17-27(32-2)18-14-24/h13-23H,3-12H2,1-2H3. The molecule has 0 aromatic heterocycles. The molecule has 0 amide bonds. The predicted molar refractivity (Wildman–Crippen MR) is 134 cm³/mol. The van der Waals surface area contributed by atoms with E-state index in [4.69, 9.17) is 4.74 Å². The molecular formula is C30H37FO. The van der Waals surface area contributed by atoms with Crippen molar-refractivity contribution in [1.29, 1.82) is 0 Å². The molecule has 0 N–H and O–H groups in total. The molecule has 3 aromatic carbocycles. The fourth-order valence-corrected chi connectivity index (χ4v) is 5.38. The zero-order valence-electron chi connectivity index (χ0n) is 19.7. The zero-order chi connectivity index (χ0) is 22.3. The van der Waals surface area contributed by atoms with Crippen molar-refractivity contribution in [3.63, 3.8) is 0 Å². The maximum atomic E-state index is 15.3. The third-order valence-electron chi connectivity index (χ3n) is 7.41. The van der Waals surface area contributed by atoms with Gasteiger partial charge in [0.05, 0.1) is 7.11 Å². The number of benzene rings is 3. The number of halogens is 1. The van der Waals surface area contributed by atoms with Gasteiger partial charge in [-0.1, -0.05) is 87.9 Å². The maximum Gasteiger partial charge on any atom is 0.138 e. The van der Waals surface area contributed by atoms with E-state index in [9.17, 15) is 0 Å². The van der Waals surface area contributed by atoms with E-state index in [0.717, 1.165) is 22.6 Å². The van der Waals surface area contributed by atoms with Crippen LogP contribution in [0.1, 0.15) is 82.6 Å². The first-order valence-corrected chi connectivity index (χ1v) is 12.6. The summed E-state index contributed by atoms with van der Waals surface area (Å²) in [5.41, 5.74) is 2.91. The van der Waals surface area contributed by atoms with E-state index < -0.39 is 0 Å². The molecule has 0 radical (unpaired) electrons. The first-order chi connectivity index (χ1) is 15.7. The monoisotopic (exact) mass is 432 g/mol. The molecule has 32 heavy (non-hydrogen) atoms. The lowest BCUT2D eigenvalue weighted by Crippen LogP contribution is -2.13. The second-order valence-electron chi connectivity index (χ2n) is 9.56. The molecule has 4 rings (SSSR count). The van der Waals surface area contributed by atoms with Crippen LogP contribution in [0.5, 0.6) is 5.75 Å². The Bertz CT molecular complexity index is 999. The van der Waals surface area contributed by atoms with Gasteiger partial charge >= 0.3 is 0 Å². The van der Waals surface area contributed by atoms with Crippen LogP contribution in [0.2, 0.25) is 0 Å². The highest BCUT2D eigenvalue weighted by Crippen LogP contribution is 2.39. The van der Waals surface area contributed by atoms with Crippen molar-refractivity contribution in [2.45, 2.75) is 77.0 Å². The molecule has 1 nitrogen and oxygen atoms in total. The van der Waals surface area contributed by atoms with Crippen molar-refractivity contribution in [2.75, 3.05) is 7.11 Å². The largest absolute Gasteiger partial charge is 0.497 e. The molecule has 0 spiro atoms. The molecule has 0 unspecified atom stereocenters. The average molecular weight is 433 g/mol. The summed E-state index contributed by atoms with van der Waals surface area (Å²) in [6, 6.07) is 18.0. The third kappa shape index (κ3) is 5.34. The summed E-state index contributed by atoms with van der Waals surface area (Å²) >= 11 is 0. The Morgan fingerprint density at radius 2 is 1.59 bits per heavy atom. The molecule has 1 aliphatic rings. The molecule has 2 heteroatoms. The molecule has 1 aliphatic carbocycles. The highest BCUT2D eigenvalue weighted by atomic mass is 19.1. The number of rotatable bonds is 9. The lowest BCUT2D eigenvalue weighted by molar-refractivity contribution is 0.302. The molecule has 0 atom stereocenters. The highest BCUT2D eigenvalue weighted by molar-refractivity contribution is 5.89. The summed E-state index contributed by atoms with van der Waals surface area (Å²) in [5.74, 6) is 2.19. The van der Waals surface area contributed by atoms with Gasteiger partial charge in [-0.25, -0.2) is 4.39 Å². The fourth-order valence-electron chi connectivity index (χ4n) is 5.38. The van der Waals surface area contributed by atoms with Crippen molar-refractivity contribution in [2.24, 2.45) is 5.92 Å². The van der Waals surface area contributed by atoms with E-state index in [1.165, 1.54) is 69.8 Å². The molecule has 3 aromatic rings. The van der Waals surface area contributed by atoms with Crippen LogP contribution in [0, 0.1) is 11.7 Å². The Balaban J connectivity index is 1.41. The van der Waals surface area contributed by atoms with Gasteiger partial charge in [-0.3, -0.25) is 0 Å². The molecule has 0 bridgehead atoms. The lowest BCUT2D eigenvalue weighted by atomic mass is 9.76. The SMILES string of the molecule is CCCCCCCC1CCC(c2ccc3c(F)c(-c4ccc(OC)cc4)ccc3c2)CC1. The lowest BCUT2D eigenvalue weighted by Gasteiger charge is -2.29. The van der Waals surface area contributed by atoms with Gasteiger partial charge in [-0.15, -0.1) is 0 Å². The highest BCUT2D eigenvalue weighted by Gasteiger charge is 2.22. The van der Waals surface area contributed by atoms with Gasteiger partial charge in [-0.05, 0) is 66.2 Å². The van der Waals surface area contributed by atoms with Crippen molar-refractivity contribution in [3.8, 4) is 16.9 Å². The number of fused-ring (bicyclic) bond motifs is 1. The van der Waals surface area contributed by atoms with E-state index in [0.29, 0.717) is 16.9 Å². The van der Waals surface area contributed by atoms with Gasteiger partial charge in [-0.2, -0.15) is 0 Å². The molecular weight excluding hydrogens is 395 g/mol. The Hall–Kier alpha value is -2.35. The van der Waals surface area contributed by atoms with Gasteiger partial charge < -0.3 is 4.74 Å². The van der Waals surface area contributed by atoms with E-state index in [1.54, 1.807) is 7.11 Å². The van der Waals surface area contributed by atoms with Crippen LogP contribution in [-0.2, 0) is 0 Å². The van der Waals surface area contributed by atoms with Crippen LogP contribution < -0.4 is 4.74 Å². The molecule has 0 heterocycles. The van der Waals surface area contributed by atoms with Crippen molar-refractivity contribution < 1.29 is 9.13 Å².